The average Bonchev–Trinajstić information content (AvgIpc) is 3.00. The lowest BCUT2D eigenvalue weighted by Gasteiger charge is -2.25. The van der Waals surface area contributed by atoms with Crippen LogP contribution in [0, 0.1) is 6.92 Å². The third-order valence-corrected chi connectivity index (χ3v) is 5.63. The lowest BCUT2D eigenvalue weighted by atomic mass is 10.1. The Morgan fingerprint density at radius 2 is 1.60 bits per heavy atom. The van der Waals surface area contributed by atoms with Gasteiger partial charge in [-0.05, 0) is 56.5 Å². The summed E-state index contributed by atoms with van der Waals surface area (Å²) in [6.45, 7) is 6.22. The summed E-state index contributed by atoms with van der Waals surface area (Å²) in [4.78, 5) is 29.1. The molecule has 0 aromatic heterocycles. The second-order valence-corrected chi connectivity index (χ2v) is 8.20. The Morgan fingerprint density at radius 3 is 2.30 bits per heavy atom. The summed E-state index contributed by atoms with van der Waals surface area (Å²) < 4.78 is 5.76. The average molecular weight is 429 g/mol. The number of nitrogens with zero attached hydrogens (tertiary/aromatic N) is 2. The van der Waals surface area contributed by atoms with Crippen LogP contribution in [0.5, 0.6) is 5.75 Å². The molecule has 3 rings (SSSR count). The molecule has 0 radical (unpaired) electrons. The summed E-state index contributed by atoms with van der Waals surface area (Å²) in [6, 6.07) is 15.3. The smallest absolute Gasteiger partial charge is 0.263 e. The van der Waals surface area contributed by atoms with E-state index < -0.39 is 6.10 Å². The van der Waals surface area contributed by atoms with E-state index in [-0.39, 0.29) is 11.8 Å². The van der Waals surface area contributed by atoms with Gasteiger partial charge in [-0.3, -0.25) is 9.59 Å². The van der Waals surface area contributed by atoms with Gasteiger partial charge in [0.2, 0.25) is 5.91 Å². The minimum absolute atomic E-state index is 0.0566. The summed E-state index contributed by atoms with van der Waals surface area (Å²) in [7, 11) is 0. The molecule has 0 N–H and O–H groups in total. The predicted molar refractivity (Wildman–Crippen MR) is 119 cm³/mol. The SMILES string of the molecule is Cc1ccc(CCC(=O)N2CCCN(C(=O)C(C)Oc3ccc(Cl)cc3)CC2)cc1. The highest BCUT2D eigenvalue weighted by atomic mass is 35.5. The van der Waals surface area contributed by atoms with Gasteiger partial charge >= 0.3 is 0 Å². The van der Waals surface area contributed by atoms with Crippen molar-refractivity contribution in [2.45, 2.75) is 39.2 Å². The number of ether oxygens (including phenoxy) is 1. The molecule has 1 atom stereocenters. The molecule has 2 amide bonds. The summed E-state index contributed by atoms with van der Waals surface area (Å²) in [5.41, 5.74) is 2.39. The van der Waals surface area contributed by atoms with Crippen molar-refractivity contribution in [3.63, 3.8) is 0 Å². The van der Waals surface area contributed by atoms with E-state index in [9.17, 15) is 9.59 Å². The second-order valence-electron chi connectivity index (χ2n) is 7.76. The van der Waals surface area contributed by atoms with Crippen molar-refractivity contribution in [2.24, 2.45) is 0 Å². The zero-order valence-electron chi connectivity index (χ0n) is 17.6. The lowest BCUT2D eigenvalue weighted by Crippen LogP contribution is -2.43. The number of carbonyl (C=O) groups is 2. The minimum Gasteiger partial charge on any atom is -0.481 e. The van der Waals surface area contributed by atoms with Crippen LogP contribution in [0.3, 0.4) is 0 Å². The van der Waals surface area contributed by atoms with Crippen molar-refractivity contribution in [2.75, 3.05) is 26.2 Å². The Kier molecular flexibility index (Phi) is 7.75. The largest absolute Gasteiger partial charge is 0.481 e. The molecular weight excluding hydrogens is 400 g/mol. The molecule has 1 saturated heterocycles. The number of amides is 2. The predicted octanol–water partition coefficient (Wildman–Crippen LogP) is 4.11. The Hall–Kier alpha value is -2.53. The van der Waals surface area contributed by atoms with Gasteiger partial charge in [-0.15, -0.1) is 0 Å². The molecule has 1 aliphatic heterocycles. The molecular formula is C24H29ClN2O3. The third kappa shape index (κ3) is 6.23. The molecule has 0 bridgehead atoms. The van der Waals surface area contributed by atoms with Gasteiger partial charge in [0, 0.05) is 37.6 Å². The van der Waals surface area contributed by atoms with Crippen LogP contribution in [-0.4, -0.2) is 53.9 Å². The fourth-order valence-electron chi connectivity index (χ4n) is 3.58. The maximum atomic E-state index is 12.8. The molecule has 160 valence electrons. The van der Waals surface area contributed by atoms with Gasteiger partial charge in [-0.2, -0.15) is 0 Å². The topological polar surface area (TPSA) is 49.9 Å². The van der Waals surface area contributed by atoms with Crippen molar-refractivity contribution >= 4 is 23.4 Å². The Bertz CT molecular complexity index is 852. The Labute approximate surface area is 183 Å². The number of halogens is 1. The first-order valence-electron chi connectivity index (χ1n) is 10.5. The van der Waals surface area contributed by atoms with E-state index in [0.29, 0.717) is 43.4 Å². The van der Waals surface area contributed by atoms with E-state index >= 15 is 0 Å². The maximum absolute atomic E-state index is 12.8. The van der Waals surface area contributed by atoms with Gasteiger partial charge in [0.15, 0.2) is 6.10 Å². The summed E-state index contributed by atoms with van der Waals surface area (Å²) in [6.07, 6.45) is 1.42. The van der Waals surface area contributed by atoms with Crippen LogP contribution in [0.2, 0.25) is 5.02 Å². The maximum Gasteiger partial charge on any atom is 0.263 e. The van der Waals surface area contributed by atoms with Gasteiger partial charge in [0.1, 0.15) is 5.75 Å². The van der Waals surface area contributed by atoms with Crippen LogP contribution in [0.1, 0.15) is 30.9 Å². The third-order valence-electron chi connectivity index (χ3n) is 5.38. The van der Waals surface area contributed by atoms with Gasteiger partial charge in [-0.1, -0.05) is 41.4 Å². The van der Waals surface area contributed by atoms with E-state index in [0.717, 1.165) is 12.8 Å². The highest BCUT2D eigenvalue weighted by Crippen LogP contribution is 2.18. The number of rotatable bonds is 6. The first-order chi connectivity index (χ1) is 14.4. The zero-order chi connectivity index (χ0) is 21.5. The highest BCUT2D eigenvalue weighted by molar-refractivity contribution is 6.30. The van der Waals surface area contributed by atoms with Crippen LogP contribution in [0.15, 0.2) is 48.5 Å². The molecule has 1 aliphatic rings. The van der Waals surface area contributed by atoms with Gasteiger partial charge in [0.05, 0.1) is 0 Å². The van der Waals surface area contributed by atoms with Crippen molar-refractivity contribution in [3.05, 3.63) is 64.7 Å². The Balaban J connectivity index is 1.48. The summed E-state index contributed by atoms with van der Waals surface area (Å²) in [5.74, 6) is 0.706. The van der Waals surface area contributed by atoms with Crippen LogP contribution < -0.4 is 4.74 Å². The van der Waals surface area contributed by atoms with E-state index in [2.05, 4.69) is 31.2 Å². The molecule has 6 heteroatoms. The molecule has 5 nitrogen and oxygen atoms in total. The quantitative estimate of drug-likeness (QED) is 0.695. The van der Waals surface area contributed by atoms with Gasteiger partial charge < -0.3 is 14.5 Å². The number of hydrogen-bond acceptors (Lipinski definition) is 3. The molecule has 0 spiro atoms. The molecule has 2 aromatic carbocycles. The van der Waals surface area contributed by atoms with E-state index in [1.54, 1.807) is 36.1 Å². The van der Waals surface area contributed by atoms with Crippen molar-refractivity contribution in [3.8, 4) is 5.75 Å². The zero-order valence-corrected chi connectivity index (χ0v) is 18.4. The molecule has 30 heavy (non-hydrogen) atoms. The van der Waals surface area contributed by atoms with E-state index in [1.165, 1.54) is 11.1 Å². The molecule has 1 heterocycles. The fraction of sp³-hybridized carbons (Fsp3) is 0.417. The summed E-state index contributed by atoms with van der Waals surface area (Å²) in [5, 5.41) is 0.626. The molecule has 1 fully saturated rings. The fourth-order valence-corrected chi connectivity index (χ4v) is 3.70. The number of carbonyl (C=O) groups excluding carboxylic acids is 2. The molecule has 1 unspecified atom stereocenters. The minimum atomic E-state index is -0.588. The monoisotopic (exact) mass is 428 g/mol. The number of hydrogen-bond donors (Lipinski definition) is 0. The van der Waals surface area contributed by atoms with Crippen molar-refractivity contribution < 1.29 is 14.3 Å². The van der Waals surface area contributed by atoms with Gasteiger partial charge in [-0.25, -0.2) is 0 Å². The van der Waals surface area contributed by atoms with E-state index in [1.807, 2.05) is 4.90 Å². The second kappa shape index (κ2) is 10.5. The lowest BCUT2D eigenvalue weighted by molar-refractivity contribution is -0.138. The standard InChI is InChI=1S/C24H29ClN2O3/c1-18-4-6-20(7-5-18)8-13-23(28)26-14-3-15-27(17-16-26)24(29)19(2)30-22-11-9-21(25)10-12-22/h4-7,9-12,19H,3,8,13-17H2,1-2H3. The number of aryl methyl sites for hydroxylation is 2. The number of benzene rings is 2. The normalized spacial score (nSPS) is 15.4. The van der Waals surface area contributed by atoms with Crippen LogP contribution in [0.4, 0.5) is 0 Å². The molecule has 2 aromatic rings. The molecule has 0 saturated carbocycles. The van der Waals surface area contributed by atoms with Crippen molar-refractivity contribution in [1.29, 1.82) is 0 Å². The van der Waals surface area contributed by atoms with Crippen LogP contribution in [-0.2, 0) is 16.0 Å². The highest BCUT2D eigenvalue weighted by Gasteiger charge is 2.26. The van der Waals surface area contributed by atoms with Crippen LogP contribution >= 0.6 is 11.6 Å². The Morgan fingerprint density at radius 1 is 0.967 bits per heavy atom. The first-order valence-corrected chi connectivity index (χ1v) is 10.8. The van der Waals surface area contributed by atoms with Crippen LogP contribution in [0.25, 0.3) is 0 Å². The van der Waals surface area contributed by atoms with E-state index in [4.69, 9.17) is 16.3 Å². The summed E-state index contributed by atoms with van der Waals surface area (Å²) >= 11 is 5.89. The van der Waals surface area contributed by atoms with Gasteiger partial charge in [0.25, 0.3) is 5.91 Å². The first kappa shape index (κ1) is 22.2. The van der Waals surface area contributed by atoms with Crippen molar-refractivity contribution in [1.82, 2.24) is 9.80 Å². The molecule has 0 aliphatic carbocycles.